The van der Waals surface area contributed by atoms with Crippen LogP contribution in [0, 0.1) is 0 Å². The fourth-order valence-corrected chi connectivity index (χ4v) is 1.69. The van der Waals surface area contributed by atoms with Crippen molar-refractivity contribution in [3.05, 3.63) is 33.8 Å². The van der Waals surface area contributed by atoms with E-state index in [1.54, 1.807) is 18.2 Å². The molecule has 0 aliphatic rings. The smallest absolute Gasteiger partial charge is 0.331 e. The molecule has 1 rings (SSSR count). The fraction of sp³-hybridized carbons (Fsp3) is 0.231. The van der Waals surface area contributed by atoms with E-state index in [9.17, 15) is 9.59 Å². The molecular weight excluding hydrogens is 314 g/mol. The molecule has 0 saturated heterocycles. The highest BCUT2D eigenvalue weighted by Crippen LogP contribution is 2.28. The van der Waals surface area contributed by atoms with Gasteiger partial charge in [-0.2, -0.15) is 0 Å². The number of nitrogens with one attached hydrogen (secondary N) is 1. The Kier molecular flexibility index (Phi) is 5.11. The largest absolute Gasteiger partial charge is 0.495 e. The van der Waals surface area contributed by atoms with E-state index < -0.39 is 11.9 Å². The quantitative estimate of drug-likeness (QED) is 0.834. The number of benzene rings is 1. The van der Waals surface area contributed by atoms with Crippen LogP contribution in [0.4, 0.5) is 5.69 Å². The van der Waals surface area contributed by atoms with Crippen molar-refractivity contribution >= 4 is 33.5 Å². The van der Waals surface area contributed by atoms with Crippen molar-refractivity contribution < 1.29 is 19.4 Å². The molecule has 2 N–H and O–H groups in total. The van der Waals surface area contributed by atoms with Crippen molar-refractivity contribution in [3.8, 4) is 5.75 Å². The second kappa shape index (κ2) is 6.38. The molecule has 0 atom stereocenters. The summed E-state index contributed by atoms with van der Waals surface area (Å²) in [7, 11) is 1.49. The third kappa shape index (κ3) is 3.82. The number of amides is 1. The number of carboxylic acid groups (broad SMARTS) is 1. The number of aliphatic carboxylic acids is 1. The lowest BCUT2D eigenvalue weighted by molar-refractivity contribution is -0.133. The first-order valence-electron chi connectivity index (χ1n) is 5.42. The molecule has 5 nitrogen and oxygen atoms in total. The molecule has 0 aliphatic carbocycles. The van der Waals surface area contributed by atoms with Crippen LogP contribution in [0.5, 0.6) is 5.75 Å². The maximum atomic E-state index is 11.9. The van der Waals surface area contributed by atoms with Crippen LogP contribution in [0.25, 0.3) is 0 Å². The first-order valence-corrected chi connectivity index (χ1v) is 6.21. The Balaban J connectivity index is 3.03. The summed E-state index contributed by atoms with van der Waals surface area (Å²) < 4.78 is 5.90. The van der Waals surface area contributed by atoms with E-state index in [-0.39, 0.29) is 11.1 Å². The van der Waals surface area contributed by atoms with Gasteiger partial charge in [-0.25, -0.2) is 4.79 Å². The highest BCUT2D eigenvalue weighted by molar-refractivity contribution is 9.10. The first kappa shape index (κ1) is 15.2. The molecule has 0 heterocycles. The first-order chi connectivity index (χ1) is 8.86. The van der Waals surface area contributed by atoms with E-state index in [0.717, 1.165) is 4.47 Å². The molecule has 0 saturated carbocycles. The minimum atomic E-state index is -1.12. The third-order valence-corrected chi connectivity index (χ3v) is 3.13. The lowest BCUT2D eigenvalue weighted by Gasteiger charge is -2.11. The summed E-state index contributed by atoms with van der Waals surface area (Å²) >= 11 is 3.29. The number of carboxylic acids is 1. The fourth-order valence-electron chi connectivity index (χ4n) is 1.32. The average molecular weight is 328 g/mol. The summed E-state index contributed by atoms with van der Waals surface area (Å²) in [6, 6.07) is 5.16. The van der Waals surface area contributed by atoms with E-state index >= 15 is 0 Å². The summed E-state index contributed by atoms with van der Waals surface area (Å²) in [6.45, 7) is 2.85. The van der Waals surface area contributed by atoms with E-state index in [1.165, 1.54) is 21.0 Å². The number of methoxy groups -OCH3 is 1. The monoisotopic (exact) mass is 327 g/mol. The minimum absolute atomic E-state index is 0.00598. The lowest BCUT2D eigenvalue weighted by atomic mass is 10.1. The molecule has 0 aromatic heterocycles. The Labute approximate surface area is 119 Å². The number of ether oxygens (including phenoxy) is 1. The van der Waals surface area contributed by atoms with Gasteiger partial charge >= 0.3 is 5.97 Å². The molecular formula is C13H14BrNO4. The Morgan fingerprint density at radius 1 is 1.26 bits per heavy atom. The van der Waals surface area contributed by atoms with Crippen LogP contribution < -0.4 is 10.1 Å². The zero-order chi connectivity index (χ0) is 14.6. The van der Waals surface area contributed by atoms with Gasteiger partial charge in [-0.1, -0.05) is 15.9 Å². The summed E-state index contributed by atoms with van der Waals surface area (Å²) in [6.07, 6.45) is 0. The molecule has 0 spiro atoms. The van der Waals surface area contributed by atoms with Crippen LogP contribution in [0.3, 0.4) is 0 Å². The van der Waals surface area contributed by atoms with Crippen LogP contribution in [0.1, 0.15) is 13.8 Å². The van der Waals surface area contributed by atoms with Gasteiger partial charge in [0, 0.05) is 15.6 Å². The van der Waals surface area contributed by atoms with Crippen molar-refractivity contribution in [2.24, 2.45) is 0 Å². The van der Waals surface area contributed by atoms with Crippen LogP contribution >= 0.6 is 15.9 Å². The molecule has 0 bridgehead atoms. The molecule has 0 aliphatic heterocycles. The zero-order valence-electron chi connectivity index (χ0n) is 10.8. The topological polar surface area (TPSA) is 75.6 Å². The van der Waals surface area contributed by atoms with E-state index in [1.807, 2.05) is 0 Å². The molecule has 1 amide bonds. The molecule has 19 heavy (non-hydrogen) atoms. The second-order valence-electron chi connectivity index (χ2n) is 3.85. The van der Waals surface area contributed by atoms with Crippen LogP contribution in [-0.4, -0.2) is 24.1 Å². The van der Waals surface area contributed by atoms with Gasteiger partial charge in [-0.05, 0) is 32.0 Å². The number of anilines is 1. The summed E-state index contributed by atoms with van der Waals surface area (Å²) in [4.78, 5) is 22.7. The molecule has 1 aromatic rings. The maximum Gasteiger partial charge on any atom is 0.331 e. The second-order valence-corrected chi connectivity index (χ2v) is 4.77. The Morgan fingerprint density at radius 3 is 2.42 bits per heavy atom. The number of halogens is 1. The highest BCUT2D eigenvalue weighted by Gasteiger charge is 2.14. The van der Waals surface area contributed by atoms with Gasteiger partial charge in [-0.3, -0.25) is 4.79 Å². The Bertz CT molecular complexity index is 552. The Hall–Kier alpha value is -1.82. The summed E-state index contributed by atoms with van der Waals surface area (Å²) in [5.41, 5.74) is 0.625. The number of hydrogen-bond donors (Lipinski definition) is 2. The van der Waals surface area contributed by atoms with Gasteiger partial charge < -0.3 is 15.2 Å². The van der Waals surface area contributed by atoms with Gasteiger partial charge in [0.15, 0.2) is 0 Å². The normalized spacial score (nSPS) is 11.6. The SMILES string of the molecule is COc1ccc(Br)cc1NC(=O)C(C)=C(C)C(=O)O. The van der Waals surface area contributed by atoms with E-state index in [0.29, 0.717) is 11.4 Å². The van der Waals surface area contributed by atoms with E-state index in [2.05, 4.69) is 21.2 Å². The van der Waals surface area contributed by atoms with Crippen molar-refractivity contribution in [3.63, 3.8) is 0 Å². The molecule has 6 heteroatoms. The van der Waals surface area contributed by atoms with Gasteiger partial charge in [-0.15, -0.1) is 0 Å². The Morgan fingerprint density at radius 2 is 1.89 bits per heavy atom. The number of rotatable bonds is 4. The van der Waals surface area contributed by atoms with Gasteiger partial charge in [0.1, 0.15) is 5.75 Å². The standard InChI is InChI=1S/C13H14BrNO4/c1-7(8(2)13(17)18)12(16)15-10-6-9(14)4-5-11(10)19-3/h4-6H,1-3H3,(H,15,16)(H,17,18). The number of hydrogen-bond acceptors (Lipinski definition) is 3. The molecule has 0 unspecified atom stereocenters. The molecule has 0 radical (unpaired) electrons. The number of carbonyl (C=O) groups excluding carboxylic acids is 1. The predicted molar refractivity (Wildman–Crippen MR) is 75.3 cm³/mol. The van der Waals surface area contributed by atoms with Crippen LogP contribution in [-0.2, 0) is 9.59 Å². The predicted octanol–water partition coefficient (Wildman–Crippen LogP) is 2.82. The molecule has 0 fully saturated rings. The van der Waals surface area contributed by atoms with Crippen molar-refractivity contribution in [1.82, 2.24) is 0 Å². The highest BCUT2D eigenvalue weighted by atomic mass is 79.9. The maximum absolute atomic E-state index is 11.9. The number of carbonyl (C=O) groups is 2. The van der Waals surface area contributed by atoms with Crippen molar-refractivity contribution in [2.45, 2.75) is 13.8 Å². The average Bonchev–Trinajstić information content (AvgIpc) is 2.37. The summed E-state index contributed by atoms with van der Waals surface area (Å²) in [5, 5.41) is 11.5. The minimum Gasteiger partial charge on any atom is -0.495 e. The summed E-state index contributed by atoms with van der Waals surface area (Å²) in [5.74, 6) is -1.09. The molecule has 1 aromatic carbocycles. The van der Waals surface area contributed by atoms with Crippen LogP contribution in [0.15, 0.2) is 33.8 Å². The van der Waals surface area contributed by atoms with Gasteiger partial charge in [0.25, 0.3) is 5.91 Å². The molecule has 102 valence electrons. The van der Waals surface area contributed by atoms with Crippen LogP contribution in [0.2, 0.25) is 0 Å². The zero-order valence-corrected chi connectivity index (χ0v) is 12.4. The lowest BCUT2D eigenvalue weighted by Crippen LogP contribution is -2.16. The van der Waals surface area contributed by atoms with Gasteiger partial charge in [0.05, 0.1) is 12.8 Å². The third-order valence-electron chi connectivity index (χ3n) is 2.63. The van der Waals surface area contributed by atoms with E-state index in [4.69, 9.17) is 9.84 Å². The van der Waals surface area contributed by atoms with Crippen molar-refractivity contribution in [1.29, 1.82) is 0 Å². The van der Waals surface area contributed by atoms with Crippen molar-refractivity contribution in [2.75, 3.05) is 12.4 Å². The van der Waals surface area contributed by atoms with Gasteiger partial charge in [0.2, 0.25) is 0 Å².